The van der Waals surface area contributed by atoms with E-state index in [1.165, 1.54) is 18.7 Å². The summed E-state index contributed by atoms with van der Waals surface area (Å²) in [5.74, 6) is -1.97. The third-order valence-electron chi connectivity index (χ3n) is 4.66. The fraction of sp³-hybridized carbons (Fsp3) is 0.333. The Labute approximate surface area is 184 Å². The van der Waals surface area contributed by atoms with Crippen LogP contribution in [0.25, 0.3) is 22.3 Å². The second-order valence-electron chi connectivity index (χ2n) is 7.38. The highest BCUT2D eigenvalue weighted by Crippen LogP contribution is 2.32. The molecule has 0 radical (unpaired) electrons. The maximum atomic E-state index is 14.0. The van der Waals surface area contributed by atoms with Crippen molar-refractivity contribution in [3.05, 3.63) is 60.9 Å². The van der Waals surface area contributed by atoms with Gasteiger partial charge < -0.3 is 9.15 Å². The van der Waals surface area contributed by atoms with Gasteiger partial charge in [-0.15, -0.1) is 11.8 Å². The van der Waals surface area contributed by atoms with Gasteiger partial charge in [0.05, 0.1) is 6.61 Å². The number of halogens is 2. The zero-order chi connectivity index (χ0) is 22.3. The van der Waals surface area contributed by atoms with Gasteiger partial charge in [0, 0.05) is 46.7 Å². The van der Waals surface area contributed by atoms with E-state index >= 15 is 0 Å². The summed E-state index contributed by atoms with van der Waals surface area (Å²) in [6.07, 6.45) is 3.49. The molecular weight excluding hydrogens is 420 g/mol. The topological polar surface area (TPSA) is 52.3 Å². The Morgan fingerprint density at radius 2 is 2.03 bits per heavy atom. The number of aromatic nitrogens is 1. The van der Waals surface area contributed by atoms with Crippen molar-refractivity contribution in [2.24, 2.45) is 0 Å². The second-order valence-corrected chi connectivity index (χ2v) is 8.55. The van der Waals surface area contributed by atoms with Gasteiger partial charge in [-0.25, -0.2) is 13.6 Å². The average Bonchev–Trinajstić information content (AvgIpc) is 3.18. The third-order valence-corrected chi connectivity index (χ3v) is 5.74. The van der Waals surface area contributed by atoms with E-state index in [1.54, 1.807) is 12.4 Å². The normalized spacial score (nSPS) is 11.6. The molecule has 3 aromatic rings. The number of carbonyl (C=O) groups excluding carboxylic acids is 1. The molecule has 0 N–H and O–H groups in total. The van der Waals surface area contributed by atoms with Gasteiger partial charge in [0.15, 0.2) is 0 Å². The van der Waals surface area contributed by atoms with Crippen molar-refractivity contribution < 1.29 is 22.7 Å². The molecule has 0 aliphatic heterocycles. The molecule has 0 saturated heterocycles. The predicted octanol–water partition coefficient (Wildman–Crippen LogP) is 6.90. The molecule has 0 amide bonds. The molecule has 0 fully saturated rings. The van der Waals surface area contributed by atoms with Crippen LogP contribution in [0.4, 0.5) is 8.78 Å². The number of furan rings is 1. The molecule has 0 unspecified atom stereocenters. The second kappa shape index (κ2) is 10.6. The largest absolute Gasteiger partial charge is 0.462 e. The number of hydrogen-bond donors (Lipinski definition) is 0. The minimum absolute atomic E-state index is 0.0137. The van der Waals surface area contributed by atoms with Crippen LogP contribution in [-0.4, -0.2) is 29.2 Å². The van der Waals surface area contributed by atoms with Crippen LogP contribution in [0, 0.1) is 0 Å². The van der Waals surface area contributed by atoms with Crippen LogP contribution in [-0.2, 0) is 9.53 Å². The highest BCUT2D eigenvalue weighted by Gasteiger charge is 2.27. The number of rotatable bonds is 11. The van der Waals surface area contributed by atoms with Crippen LogP contribution in [0.5, 0.6) is 0 Å². The number of thioether (sulfide) groups is 1. The summed E-state index contributed by atoms with van der Waals surface area (Å²) >= 11 is 1.53. The molecule has 0 spiro atoms. The lowest BCUT2D eigenvalue weighted by molar-refractivity contribution is -0.139. The molecule has 0 saturated carbocycles. The molecular formula is C24H25F2NO3S. The van der Waals surface area contributed by atoms with E-state index in [0.717, 1.165) is 27.2 Å². The van der Waals surface area contributed by atoms with Crippen LogP contribution < -0.4 is 0 Å². The smallest absolute Gasteiger partial charge is 0.333 e. The standard InChI is InChI=1S/C24H25F2NO3S/c1-17(2)23(28)29-12-4-9-24(25,26)10-5-13-31-20-8-7-18-14-21(30-22(18)15-20)19-6-3-11-27-16-19/h3,6-8,11,14-16H,1,4-5,9-10,12-13H2,2H3. The van der Waals surface area contributed by atoms with Gasteiger partial charge in [0.2, 0.25) is 5.92 Å². The summed E-state index contributed by atoms with van der Waals surface area (Å²) in [5, 5.41) is 0.988. The molecule has 164 valence electrons. The van der Waals surface area contributed by atoms with Gasteiger partial charge in [0.25, 0.3) is 0 Å². The first kappa shape index (κ1) is 23.0. The maximum absolute atomic E-state index is 14.0. The Morgan fingerprint density at radius 3 is 2.77 bits per heavy atom. The van der Waals surface area contributed by atoms with Crippen LogP contribution in [0.15, 0.2) is 70.3 Å². The summed E-state index contributed by atoms with van der Waals surface area (Å²) in [6, 6.07) is 11.6. The van der Waals surface area contributed by atoms with E-state index < -0.39 is 11.9 Å². The molecule has 0 atom stereocenters. The summed E-state index contributed by atoms with van der Waals surface area (Å²) < 4.78 is 38.8. The minimum atomic E-state index is -2.76. The summed E-state index contributed by atoms with van der Waals surface area (Å²) in [5.41, 5.74) is 1.94. The number of nitrogens with zero attached hydrogens (tertiary/aromatic N) is 1. The van der Waals surface area contributed by atoms with Crippen molar-refractivity contribution in [1.29, 1.82) is 0 Å². The van der Waals surface area contributed by atoms with E-state index in [-0.39, 0.29) is 31.4 Å². The van der Waals surface area contributed by atoms with Gasteiger partial charge in [-0.05, 0) is 61.9 Å². The van der Waals surface area contributed by atoms with Gasteiger partial charge in [-0.1, -0.05) is 6.58 Å². The van der Waals surface area contributed by atoms with Gasteiger partial charge in [-0.2, -0.15) is 0 Å². The SMILES string of the molecule is C=C(C)C(=O)OCCCC(F)(F)CCCSc1ccc2cc(-c3cccnc3)oc2c1. The fourth-order valence-electron chi connectivity index (χ4n) is 3.02. The third kappa shape index (κ3) is 6.92. The van der Waals surface area contributed by atoms with Crippen LogP contribution >= 0.6 is 11.8 Å². The molecule has 0 bridgehead atoms. The molecule has 0 aliphatic carbocycles. The first-order chi connectivity index (χ1) is 14.8. The van der Waals surface area contributed by atoms with Gasteiger partial charge in [0.1, 0.15) is 11.3 Å². The summed E-state index contributed by atoms with van der Waals surface area (Å²) in [7, 11) is 0. The number of carbonyl (C=O) groups is 1. The van der Waals surface area contributed by atoms with Crippen molar-refractivity contribution in [3.63, 3.8) is 0 Å². The lowest BCUT2D eigenvalue weighted by atomic mass is 10.1. The Bertz CT molecular complexity index is 1030. The highest BCUT2D eigenvalue weighted by molar-refractivity contribution is 7.99. The molecule has 4 nitrogen and oxygen atoms in total. The van der Waals surface area contributed by atoms with Gasteiger partial charge >= 0.3 is 5.97 Å². The van der Waals surface area contributed by atoms with E-state index in [1.807, 2.05) is 36.4 Å². The van der Waals surface area contributed by atoms with Crippen molar-refractivity contribution in [3.8, 4) is 11.3 Å². The molecule has 1 aromatic carbocycles. The Hall–Kier alpha value is -2.67. The lowest BCUT2D eigenvalue weighted by Gasteiger charge is -2.16. The van der Waals surface area contributed by atoms with Crippen molar-refractivity contribution in [2.75, 3.05) is 12.4 Å². The van der Waals surface area contributed by atoms with Crippen LogP contribution in [0.1, 0.15) is 32.6 Å². The van der Waals surface area contributed by atoms with E-state index in [2.05, 4.69) is 11.6 Å². The maximum Gasteiger partial charge on any atom is 0.333 e. The number of ether oxygens (including phenoxy) is 1. The monoisotopic (exact) mass is 445 g/mol. The van der Waals surface area contributed by atoms with Crippen LogP contribution in [0.3, 0.4) is 0 Å². The Morgan fingerprint density at radius 1 is 1.23 bits per heavy atom. The Kier molecular flexibility index (Phi) is 7.85. The molecule has 2 heterocycles. The molecule has 7 heteroatoms. The van der Waals surface area contributed by atoms with Gasteiger partial charge in [-0.3, -0.25) is 4.98 Å². The zero-order valence-electron chi connectivity index (χ0n) is 17.4. The van der Waals surface area contributed by atoms with Crippen molar-refractivity contribution in [2.45, 2.75) is 43.4 Å². The quantitative estimate of drug-likeness (QED) is 0.139. The first-order valence-corrected chi connectivity index (χ1v) is 11.1. The fourth-order valence-corrected chi connectivity index (χ4v) is 3.90. The summed E-state index contributed by atoms with van der Waals surface area (Å²) in [6.45, 7) is 4.97. The number of alkyl halides is 2. The van der Waals surface area contributed by atoms with Crippen LogP contribution in [0.2, 0.25) is 0 Å². The lowest BCUT2D eigenvalue weighted by Crippen LogP contribution is -2.17. The first-order valence-electron chi connectivity index (χ1n) is 10.1. The van der Waals surface area contributed by atoms with E-state index in [9.17, 15) is 13.6 Å². The minimum Gasteiger partial charge on any atom is -0.462 e. The Balaban J connectivity index is 1.43. The number of hydrogen-bond acceptors (Lipinski definition) is 5. The van der Waals surface area contributed by atoms with E-state index in [0.29, 0.717) is 12.2 Å². The van der Waals surface area contributed by atoms with Crippen molar-refractivity contribution in [1.82, 2.24) is 4.98 Å². The zero-order valence-corrected chi connectivity index (χ0v) is 18.2. The molecule has 31 heavy (non-hydrogen) atoms. The highest BCUT2D eigenvalue weighted by atomic mass is 32.2. The molecule has 3 rings (SSSR count). The van der Waals surface area contributed by atoms with Crippen molar-refractivity contribution >= 4 is 28.7 Å². The number of fused-ring (bicyclic) bond motifs is 1. The molecule has 0 aliphatic rings. The van der Waals surface area contributed by atoms with E-state index in [4.69, 9.17) is 9.15 Å². The number of esters is 1. The summed E-state index contributed by atoms with van der Waals surface area (Å²) in [4.78, 5) is 16.3. The average molecular weight is 446 g/mol. The number of pyridine rings is 1. The number of benzene rings is 1. The predicted molar refractivity (Wildman–Crippen MR) is 119 cm³/mol. The molecule has 2 aromatic heterocycles.